The van der Waals surface area contributed by atoms with Crippen LogP contribution in [0, 0.1) is 0 Å². The summed E-state index contributed by atoms with van der Waals surface area (Å²) < 4.78 is 1.91. The van der Waals surface area contributed by atoms with Gasteiger partial charge in [0.25, 0.3) is 5.91 Å². The molecule has 1 N–H and O–H groups in total. The van der Waals surface area contributed by atoms with E-state index in [1.54, 1.807) is 6.33 Å². The number of nitrogens with zero attached hydrogens (tertiary/aromatic N) is 3. The first-order chi connectivity index (χ1) is 7.15. The van der Waals surface area contributed by atoms with E-state index in [1.807, 2.05) is 18.4 Å². The Morgan fingerprint density at radius 3 is 3.07 bits per heavy atom. The van der Waals surface area contributed by atoms with Crippen LogP contribution in [0.1, 0.15) is 19.9 Å². The fraction of sp³-hybridized carbons (Fsp3) is 0.625. The molecule has 0 fully saturated rings. The average Bonchev–Trinajstić information content (AvgIpc) is 2.63. The summed E-state index contributed by atoms with van der Waals surface area (Å²) in [6.07, 6.45) is 1.65. The molecule has 0 saturated heterocycles. The maximum Gasteiger partial charge on any atom is 0.253 e. The Balaban J connectivity index is 2.50. The Hall–Kier alpha value is -1.08. The molecule has 0 bridgehead atoms. The van der Waals surface area contributed by atoms with E-state index < -0.39 is 0 Å². The molecule has 7 heteroatoms. The maximum atomic E-state index is 11.1. The fourth-order valence-electron chi connectivity index (χ4n) is 0.963. The second-order valence-electron chi connectivity index (χ2n) is 3.13. The quantitative estimate of drug-likeness (QED) is 0.593. The number of rotatable bonds is 5. The molecule has 1 aromatic heterocycles. The van der Waals surface area contributed by atoms with Gasteiger partial charge in [-0.3, -0.25) is 9.63 Å². The molecule has 0 aliphatic rings. The Morgan fingerprint density at radius 1 is 1.73 bits per heavy atom. The summed E-state index contributed by atoms with van der Waals surface area (Å²) in [5.41, 5.74) is 2.24. The van der Waals surface area contributed by atoms with Crippen LogP contribution in [0.3, 0.4) is 0 Å². The van der Waals surface area contributed by atoms with Gasteiger partial charge in [0, 0.05) is 6.04 Å². The lowest BCUT2D eigenvalue weighted by Crippen LogP contribution is -2.23. The van der Waals surface area contributed by atoms with Crippen LogP contribution in [0.5, 0.6) is 0 Å². The van der Waals surface area contributed by atoms with Crippen molar-refractivity contribution in [1.82, 2.24) is 20.2 Å². The minimum absolute atomic E-state index is 0.194. The highest BCUT2D eigenvalue weighted by atomic mass is 32.2. The maximum absolute atomic E-state index is 11.1. The molecule has 0 aliphatic carbocycles. The lowest BCUT2D eigenvalue weighted by Gasteiger charge is -2.08. The van der Waals surface area contributed by atoms with Gasteiger partial charge in [-0.05, 0) is 13.8 Å². The van der Waals surface area contributed by atoms with E-state index in [0.717, 1.165) is 5.16 Å². The number of carbonyl (C=O) groups is 1. The molecule has 0 aliphatic heterocycles. The molecule has 1 amide bonds. The number of amides is 1. The van der Waals surface area contributed by atoms with Crippen molar-refractivity contribution in [1.29, 1.82) is 0 Å². The normalized spacial score (nSPS) is 10.7. The molecule has 84 valence electrons. The smallest absolute Gasteiger partial charge is 0.253 e. The van der Waals surface area contributed by atoms with E-state index in [1.165, 1.54) is 18.9 Å². The SMILES string of the molecule is CONC(=O)CSc1nncn1C(C)C. The van der Waals surface area contributed by atoms with Crippen LogP contribution in [-0.4, -0.2) is 33.5 Å². The predicted octanol–water partition coefficient (Wildman–Crippen LogP) is 0.629. The zero-order valence-corrected chi connectivity index (χ0v) is 9.74. The Bertz CT molecular complexity index is 326. The van der Waals surface area contributed by atoms with Crippen molar-refractivity contribution in [3.05, 3.63) is 6.33 Å². The van der Waals surface area contributed by atoms with Crippen molar-refractivity contribution in [3.63, 3.8) is 0 Å². The average molecular weight is 230 g/mol. The number of carbonyl (C=O) groups excluding carboxylic acids is 1. The first kappa shape index (κ1) is 12.0. The van der Waals surface area contributed by atoms with Gasteiger partial charge in [0.15, 0.2) is 5.16 Å². The summed E-state index contributed by atoms with van der Waals surface area (Å²) in [5.74, 6) is 0.0695. The first-order valence-corrected chi connectivity index (χ1v) is 5.47. The molecule has 0 radical (unpaired) electrons. The Morgan fingerprint density at radius 2 is 2.47 bits per heavy atom. The third-order valence-corrected chi connectivity index (χ3v) is 2.60. The second kappa shape index (κ2) is 5.72. The molecule has 1 aromatic rings. The minimum Gasteiger partial charge on any atom is -0.306 e. The molecule has 0 aromatic carbocycles. The number of hydrogen-bond donors (Lipinski definition) is 1. The predicted molar refractivity (Wildman–Crippen MR) is 56.3 cm³/mol. The monoisotopic (exact) mass is 230 g/mol. The summed E-state index contributed by atoms with van der Waals surface area (Å²) in [7, 11) is 1.40. The standard InChI is InChI=1S/C8H14N4O2S/c1-6(2)12-5-9-10-8(12)15-4-7(13)11-14-3/h5-6H,4H2,1-3H3,(H,11,13). The molecular weight excluding hydrogens is 216 g/mol. The van der Waals surface area contributed by atoms with Crippen LogP contribution in [0.2, 0.25) is 0 Å². The van der Waals surface area contributed by atoms with Crippen molar-refractivity contribution < 1.29 is 9.63 Å². The first-order valence-electron chi connectivity index (χ1n) is 4.49. The van der Waals surface area contributed by atoms with Gasteiger partial charge in [-0.1, -0.05) is 11.8 Å². The molecule has 0 saturated carbocycles. The number of nitrogens with one attached hydrogen (secondary N) is 1. The minimum atomic E-state index is -0.194. The summed E-state index contributed by atoms with van der Waals surface area (Å²) in [4.78, 5) is 15.6. The van der Waals surface area contributed by atoms with E-state index in [4.69, 9.17) is 0 Å². The van der Waals surface area contributed by atoms with Gasteiger partial charge in [-0.25, -0.2) is 5.48 Å². The van der Waals surface area contributed by atoms with Crippen molar-refractivity contribution in [2.24, 2.45) is 0 Å². The zero-order chi connectivity index (χ0) is 11.3. The molecule has 0 atom stereocenters. The van der Waals surface area contributed by atoms with E-state index in [0.29, 0.717) is 0 Å². The largest absolute Gasteiger partial charge is 0.306 e. The summed E-state index contributed by atoms with van der Waals surface area (Å²) in [5, 5.41) is 8.45. The van der Waals surface area contributed by atoms with E-state index in [2.05, 4.69) is 20.5 Å². The van der Waals surface area contributed by atoms with Crippen molar-refractivity contribution in [3.8, 4) is 0 Å². The van der Waals surface area contributed by atoms with Crippen LogP contribution in [-0.2, 0) is 9.63 Å². The molecule has 15 heavy (non-hydrogen) atoms. The number of aromatic nitrogens is 3. The molecule has 0 spiro atoms. The zero-order valence-electron chi connectivity index (χ0n) is 8.93. The van der Waals surface area contributed by atoms with Crippen LogP contribution in [0.4, 0.5) is 0 Å². The molecule has 1 rings (SSSR count). The van der Waals surface area contributed by atoms with Crippen molar-refractivity contribution >= 4 is 17.7 Å². The number of thioether (sulfide) groups is 1. The van der Waals surface area contributed by atoms with Gasteiger partial charge in [-0.2, -0.15) is 0 Å². The molecular formula is C8H14N4O2S. The Kier molecular flexibility index (Phi) is 4.57. The van der Waals surface area contributed by atoms with Gasteiger partial charge in [0.1, 0.15) is 6.33 Å². The lowest BCUT2D eigenvalue weighted by atomic mass is 10.4. The molecule has 6 nitrogen and oxygen atoms in total. The summed E-state index contributed by atoms with van der Waals surface area (Å²) >= 11 is 1.33. The van der Waals surface area contributed by atoms with E-state index in [-0.39, 0.29) is 17.7 Å². The molecule has 0 unspecified atom stereocenters. The van der Waals surface area contributed by atoms with Crippen LogP contribution >= 0.6 is 11.8 Å². The summed E-state index contributed by atoms with van der Waals surface area (Å²) in [6, 6.07) is 0.285. The lowest BCUT2D eigenvalue weighted by molar-refractivity contribution is -0.128. The molecule has 1 heterocycles. The van der Waals surface area contributed by atoms with Gasteiger partial charge in [0.05, 0.1) is 12.9 Å². The highest BCUT2D eigenvalue weighted by Gasteiger charge is 2.10. The second-order valence-corrected chi connectivity index (χ2v) is 4.08. The Labute approximate surface area is 92.4 Å². The number of hydroxylamine groups is 1. The van der Waals surface area contributed by atoms with Crippen LogP contribution in [0.15, 0.2) is 11.5 Å². The van der Waals surface area contributed by atoms with Gasteiger partial charge < -0.3 is 4.57 Å². The number of hydrogen-bond acceptors (Lipinski definition) is 5. The third kappa shape index (κ3) is 3.52. The van der Waals surface area contributed by atoms with Crippen LogP contribution in [0.25, 0.3) is 0 Å². The van der Waals surface area contributed by atoms with Gasteiger partial charge in [0.2, 0.25) is 0 Å². The fourth-order valence-corrected chi connectivity index (χ4v) is 1.79. The topological polar surface area (TPSA) is 69.0 Å². The third-order valence-electron chi connectivity index (χ3n) is 1.64. The van der Waals surface area contributed by atoms with Gasteiger partial charge >= 0.3 is 0 Å². The summed E-state index contributed by atoms with van der Waals surface area (Å²) in [6.45, 7) is 4.06. The highest BCUT2D eigenvalue weighted by molar-refractivity contribution is 7.99. The van der Waals surface area contributed by atoms with Gasteiger partial charge in [-0.15, -0.1) is 10.2 Å². The van der Waals surface area contributed by atoms with Crippen molar-refractivity contribution in [2.45, 2.75) is 25.0 Å². The highest BCUT2D eigenvalue weighted by Crippen LogP contribution is 2.18. The van der Waals surface area contributed by atoms with Crippen molar-refractivity contribution in [2.75, 3.05) is 12.9 Å². The van der Waals surface area contributed by atoms with Crippen LogP contribution < -0.4 is 5.48 Å². The van der Waals surface area contributed by atoms with E-state index >= 15 is 0 Å². The van der Waals surface area contributed by atoms with E-state index in [9.17, 15) is 4.79 Å².